The molecule has 0 radical (unpaired) electrons. The van der Waals surface area contributed by atoms with E-state index < -0.39 is 5.41 Å². The predicted molar refractivity (Wildman–Crippen MR) is 259 cm³/mol. The molecule has 0 saturated heterocycles. The smallest absolute Gasteiger partial charge is 0.0726 e. The van der Waals surface area contributed by atoms with Gasteiger partial charge in [-0.15, -0.1) is 11.3 Å². The summed E-state index contributed by atoms with van der Waals surface area (Å²) in [6.45, 7) is 0. The second-order valence-electron chi connectivity index (χ2n) is 16.3. The summed E-state index contributed by atoms with van der Waals surface area (Å²) < 4.78 is 2.58. The zero-order chi connectivity index (χ0) is 40.1. The summed E-state index contributed by atoms with van der Waals surface area (Å²) in [5.74, 6) is 0. The molecule has 0 fully saturated rings. The molecule has 0 N–H and O–H groups in total. The van der Waals surface area contributed by atoms with Crippen LogP contribution in [0.15, 0.2) is 224 Å². The highest BCUT2D eigenvalue weighted by Crippen LogP contribution is 2.65. The molecule has 1 aromatic heterocycles. The number of thiophene rings is 1. The van der Waals surface area contributed by atoms with Gasteiger partial charge in [0.15, 0.2) is 0 Å². The Morgan fingerprint density at radius 1 is 0.344 bits per heavy atom. The molecule has 2 aliphatic rings. The molecule has 13 rings (SSSR count). The van der Waals surface area contributed by atoms with Crippen LogP contribution in [0.4, 0.5) is 17.1 Å². The maximum absolute atomic E-state index is 2.55. The Morgan fingerprint density at radius 3 is 1.56 bits per heavy atom. The van der Waals surface area contributed by atoms with E-state index in [1.54, 1.807) is 0 Å². The van der Waals surface area contributed by atoms with Crippen molar-refractivity contribution in [1.82, 2.24) is 0 Å². The number of nitrogens with zero attached hydrogens (tertiary/aromatic N) is 1. The van der Waals surface area contributed by atoms with E-state index in [0.717, 1.165) is 5.69 Å². The minimum atomic E-state index is -0.431. The van der Waals surface area contributed by atoms with Crippen molar-refractivity contribution in [1.29, 1.82) is 0 Å². The van der Waals surface area contributed by atoms with Crippen LogP contribution < -0.4 is 4.90 Å². The fourth-order valence-electron chi connectivity index (χ4n) is 10.7. The third-order valence-electron chi connectivity index (χ3n) is 13.3. The molecule has 284 valence electrons. The minimum absolute atomic E-state index is 0.431. The van der Waals surface area contributed by atoms with Crippen LogP contribution in [0.1, 0.15) is 22.3 Å². The van der Waals surface area contributed by atoms with Gasteiger partial charge in [-0.1, -0.05) is 194 Å². The molecule has 0 unspecified atom stereocenters. The standard InChI is InChI=1S/C59H37NS/c1-2-14-38(15-3-1)39-28-30-40(31-29-39)41-32-35-43(36-33-41)60(54-27-12-21-48-56-44-17-5-4-16-42(44)34-37-55(56)61-58(48)54)53-26-13-25-52-57(53)47-20-8-11-24-51(47)59(52)49-22-9-6-18-45(49)46-19-7-10-23-50(46)59/h1-37H. The van der Waals surface area contributed by atoms with E-state index in [4.69, 9.17) is 0 Å². The predicted octanol–water partition coefficient (Wildman–Crippen LogP) is 16.4. The van der Waals surface area contributed by atoms with Gasteiger partial charge < -0.3 is 4.90 Å². The van der Waals surface area contributed by atoms with Crippen LogP contribution in [-0.4, -0.2) is 0 Å². The van der Waals surface area contributed by atoms with Crippen molar-refractivity contribution >= 4 is 59.3 Å². The summed E-state index contributed by atoms with van der Waals surface area (Å²) in [6, 6.07) is 83.4. The van der Waals surface area contributed by atoms with Gasteiger partial charge in [0.2, 0.25) is 0 Å². The number of rotatable bonds is 5. The van der Waals surface area contributed by atoms with E-state index in [2.05, 4.69) is 229 Å². The normalized spacial score (nSPS) is 13.0. The van der Waals surface area contributed by atoms with Gasteiger partial charge in [-0.3, -0.25) is 0 Å². The zero-order valence-electron chi connectivity index (χ0n) is 33.2. The summed E-state index contributed by atoms with van der Waals surface area (Å²) in [7, 11) is 0. The quantitative estimate of drug-likeness (QED) is 0.168. The fourth-order valence-corrected chi connectivity index (χ4v) is 12.0. The lowest BCUT2D eigenvalue weighted by atomic mass is 9.70. The molecule has 2 aliphatic carbocycles. The summed E-state index contributed by atoms with van der Waals surface area (Å²) in [5, 5.41) is 5.19. The van der Waals surface area contributed by atoms with Crippen molar-refractivity contribution < 1.29 is 0 Å². The number of anilines is 3. The molecular weight excluding hydrogens is 755 g/mol. The molecule has 1 spiro atoms. The Labute approximate surface area is 359 Å². The maximum atomic E-state index is 2.55. The third-order valence-corrected chi connectivity index (χ3v) is 14.5. The van der Waals surface area contributed by atoms with E-state index in [-0.39, 0.29) is 0 Å². The molecular formula is C59H37NS. The molecule has 10 aromatic carbocycles. The van der Waals surface area contributed by atoms with Crippen LogP contribution in [0.3, 0.4) is 0 Å². The average Bonchev–Trinajstić information content (AvgIpc) is 3.98. The van der Waals surface area contributed by atoms with Crippen molar-refractivity contribution in [2.75, 3.05) is 4.90 Å². The molecule has 61 heavy (non-hydrogen) atoms. The minimum Gasteiger partial charge on any atom is -0.308 e. The Balaban J connectivity index is 1.06. The molecule has 1 nitrogen and oxygen atoms in total. The van der Waals surface area contributed by atoms with Crippen LogP contribution in [0.2, 0.25) is 0 Å². The van der Waals surface area contributed by atoms with E-state index in [9.17, 15) is 0 Å². The van der Waals surface area contributed by atoms with Crippen molar-refractivity contribution in [2.45, 2.75) is 5.41 Å². The van der Waals surface area contributed by atoms with Crippen LogP contribution in [0, 0.1) is 0 Å². The van der Waals surface area contributed by atoms with Crippen molar-refractivity contribution in [3.8, 4) is 44.5 Å². The third kappa shape index (κ3) is 4.88. The average molecular weight is 792 g/mol. The number of fused-ring (bicyclic) bond motifs is 15. The van der Waals surface area contributed by atoms with Crippen LogP contribution in [-0.2, 0) is 5.41 Å². The zero-order valence-corrected chi connectivity index (χ0v) is 34.0. The summed E-state index contributed by atoms with van der Waals surface area (Å²) in [6.07, 6.45) is 0. The lowest BCUT2D eigenvalue weighted by Gasteiger charge is -2.32. The Kier molecular flexibility index (Phi) is 7.46. The van der Waals surface area contributed by atoms with Gasteiger partial charge >= 0.3 is 0 Å². The van der Waals surface area contributed by atoms with E-state index in [0.29, 0.717) is 0 Å². The van der Waals surface area contributed by atoms with Gasteiger partial charge in [-0.25, -0.2) is 0 Å². The SMILES string of the molecule is c1ccc(-c2ccc(-c3ccc(N(c4cccc5c4-c4ccccc4C54c5ccccc5-c5ccccc54)c4cccc5c4sc4ccc6ccccc6c45)cc3)cc2)cc1. The molecule has 2 heteroatoms. The van der Waals surface area contributed by atoms with Gasteiger partial charge in [0.1, 0.15) is 0 Å². The lowest BCUT2D eigenvalue weighted by Crippen LogP contribution is -2.26. The molecule has 0 aliphatic heterocycles. The summed E-state index contributed by atoms with van der Waals surface area (Å²) in [5.41, 5.74) is 18.5. The van der Waals surface area contributed by atoms with Crippen LogP contribution in [0.25, 0.3) is 75.5 Å². The monoisotopic (exact) mass is 791 g/mol. The second kappa shape index (κ2) is 13.2. The highest BCUT2D eigenvalue weighted by atomic mass is 32.1. The van der Waals surface area contributed by atoms with E-state index in [1.807, 2.05) is 11.3 Å². The molecule has 0 amide bonds. The second-order valence-corrected chi connectivity index (χ2v) is 17.4. The summed E-state index contributed by atoms with van der Waals surface area (Å²) in [4.78, 5) is 2.55. The fraction of sp³-hybridized carbons (Fsp3) is 0.0169. The molecule has 1 heterocycles. The molecule has 0 bridgehead atoms. The Hall–Kier alpha value is -7.52. The van der Waals surface area contributed by atoms with Crippen LogP contribution in [0.5, 0.6) is 0 Å². The van der Waals surface area contributed by atoms with E-state index in [1.165, 1.54) is 109 Å². The maximum Gasteiger partial charge on any atom is 0.0726 e. The van der Waals surface area contributed by atoms with Gasteiger partial charge in [0.25, 0.3) is 0 Å². The lowest BCUT2D eigenvalue weighted by molar-refractivity contribution is 0.794. The van der Waals surface area contributed by atoms with Crippen molar-refractivity contribution in [2.24, 2.45) is 0 Å². The van der Waals surface area contributed by atoms with Crippen molar-refractivity contribution in [3.05, 3.63) is 247 Å². The first kappa shape index (κ1) is 34.4. The van der Waals surface area contributed by atoms with Gasteiger partial charge in [0.05, 0.1) is 21.5 Å². The summed E-state index contributed by atoms with van der Waals surface area (Å²) >= 11 is 1.90. The number of benzene rings is 10. The van der Waals surface area contributed by atoms with E-state index >= 15 is 0 Å². The Bertz CT molecular complexity index is 3480. The molecule has 0 saturated carbocycles. The Morgan fingerprint density at radius 2 is 0.852 bits per heavy atom. The number of hydrogen-bond acceptors (Lipinski definition) is 2. The first-order chi connectivity index (χ1) is 30.3. The van der Waals surface area contributed by atoms with Crippen molar-refractivity contribution in [3.63, 3.8) is 0 Å². The highest BCUT2D eigenvalue weighted by molar-refractivity contribution is 7.26. The van der Waals surface area contributed by atoms with Crippen LogP contribution >= 0.6 is 11.3 Å². The molecule has 11 aromatic rings. The van der Waals surface area contributed by atoms with Gasteiger partial charge in [-0.2, -0.15) is 0 Å². The largest absolute Gasteiger partial charge is 0.308 e. The first-order valence-electron chi connectivity index (χ1n) is 21.1. The van der Waals surface area contributed by atoms with Gasteiger partial charge in [-0.05, 0) is 102 Å². The molecule has 0 atom stereocenters. The number of hydrogen-bond donors (Lipinski definition) is 0. The van der Waals surface area contributed by atoms with Gasteiger partial charge in [0, 0.05) is 26.7 Å². The first-order valence-corrected chi connectivity index (χ1v) is 21.9. The highest BCUT2D eigenvalue weighted by Gasteiger charge is 2.52. The topological polar surface area (TPSA) is 3.24 Å².